The number of benzene rings is 10. The summed E-state index contributed by atoms with van der Waals surface area (Å²) in [6.45, 7) is 33.0. The van der Waals surface area contributed by atoms with Gasteiger partial charge in [0, 0.05) is 52.2 Å². The first-order chi connectivity index (χ1) is 49.8. The van der Waals surface area contributed by atoms with E-state index in [1.165, 1.54) is 177 Å². The molecule has 15 rings (SSSR count). The fourth-order valence-electron chi connectivity index (χ4n) is 14.7. The molecule has 0 bridgehead atoms. The summed E-state index contributed by atoms with van der Waals surface area (Å²) in [5.74, 6) is 1.67. The van der Waals surface area contributed by atoms with E-state index in [-0.39, 0.29) is 0 Å². The van der Waals surface area contributed by atoms with Crippen LogP contribution < -0.4 is 22.8 Å². The number of hydrogen-bond acceptors (Lipinski definition) is 1. The van der Waals surface area contributed by atoms with Crippen molar-refractivity contribution in [2.45, 2.75) is 110 Å². The van der Waals surface area contributed by atoms with Crippen molar-refractivity contribution in [3.8, 4) is 67.5 Å². The molecule has 0 aliphatic rings. The molecule has 5 heterocycles. The Bertz CT molecular complexity index is 5590. The largest absolute Gasteiger partial charge is 0.330 e. The molecule has 6 nitrogen and oxygen atoms in total. The van der Waals surface area contributed by atoms with Crippen LogP contribution in [0, 0.1) is 95.9 Å². The van der Waals surface area contributed by atoms with E-state index >= 15 is 0 Å². The van der Waals surface area contributed by atoms with Crippen molar-refractivity contribution < 1.29 is 22.8 Å². The average molecular weight is 1370 g/mol. The highest BCUT2D eigenvalue weighted by Gasteiger charge is 2.23. The minimum Gasteiger partial charge on any atom is -0.232 e. The second-order valence-corrected chi connectivity index (χ2v) is 29.4. The molecular weight excluding hydrogens is 1260 g/mol. The van der Waals surface area contributed by atoms with E-state index < -0.39 is 0 Å². The highest BCUT2D eigenvalue weighted by molar-refractivity contribution is 5.95. The van der Waals surface area contributed by atoms with E-state index in [1.54, 1.807) is 0 Å². The first-order valence-corrected chi connectivity index (χ1v) is 36.7. The molecule has 15 aromatic rings. The zero-order valence-corrected chi connectivity index (χ0v) is 65.2. The molecule has 0 amide bonds. The van der Waals surface area contributed by atoms with Gasteiger partial charge in [0.05, 0.1) is 40.1 Å². The van der Waals surface area contributed by atoms with Gasteiger partial charge in [-0.2, -0.15) is 4.57 Å². The number of aromatic nitrogens is 6. The molecule has 0 saturated carbocycles. The van der Waals surface area contributed by atoms with E-state index in [1.807, 2.05) is 31.4 Å². The number of rotatable bonds is 8. The Labute approximate surface area is 619 Å². The van der Waals surface area contributed by atoms with Gasteiger partial charge in [-0.3, -0.25) is 0 Å². The van der Waals surface area contributed by atoms with Crippen molar-refractivity contribution >= 4 is 43.2 Å². The van der Waals surface area contributed by atoms with Crippen LogP contribution in [0.15, 0.2) is 255 Å². The molecule has 0 saturated heterocycles. The summed E-state index contributed by atoms with van der Waals surface area (Å²) in [5, 5.41) is 9.12. The first kappa shape index (κ1) is 74.1. The van der Waals surface area contributed by atoms with E-state index in [2.05, 4.69) is 391 Å². The standard InChI is InChI=1S/C23H28N.3C19H20N.C18H17N2/c1-15(2)11-19-7-8-21-20(14-19)9-10-24(6)23(21)22-13-16(3)12-17(4)18(22)5;1-13-9-14(2)15(3)18(10-13)19-11-16-7-5-6-8-17(16)12-20(19)4;1-13-11-14(2)15(3)17(12-13)19-10-9-16-7-5-6-8-18(16)20(19)4;1-13-11-14(2)15(3)18(12-13)19-17-8-6-5-7-16(17)9-10-20(19)4;1-14-8-6-7-11-17(14)18-19-12-16(13-20(18)2)15-9-4-3-5-10-15/h7-10,12-15H,11H2,1-6H3;3*5-12H,1-4H3;3-13H,1-2H3/q5*+1. The molecule has 5 aromatic heterocycles. The number of aryl methyl sites for hydroxylation is 14. The summed E-state index contributed by atoms with van der Waals surface area (Å²) >= 11 is 0. The van der Waals surface area contributed by atoms with Crippen LogP contribution in [-0.4, -0.2) is 4.98 Å². The van der Waals surface area contributed by atoms with Gasteiger partial charge in [0.25, 0.3) is 0 Å². The van der Waals surface area contributed by atoms with Crippen LogP contribution in [0.3, 0.4) is 0 Å². The van der Waals surface area contributed by atoms with Gasteiger partial charge in [0.2, 0.25) is 28.3 Å². The van der Waals surface area contributed by atoms with Crippen LogP contribution in [-0.2, 0) is 41.7 Å². The second-order valence-electron chi connectivity index (χ2n) is 29.4. The Morgan fingerprint density at radius 3 is 1.36 bits per heavy atom. The molecule has 10 aromatic carbocycles. The highest BCUT2D eigenvalue weighted by Crippen LogP contribution is 2.34. The van der Waals surface area contributed by atoms with Gasteiger partial charge in [-0.1, -0.05) is 170 Å². The Morgan fingerprint density at radius 2 is 0.788 bits per heavy atom. The Morgan fingerprint density at radius 1 is 0.317 bits per heavy atom. The topological polar surface area (TPSA) is 32.3 Å². The number of hydrogen-bond donors (Lipinski definition) is 0. The van der Waals surface area contributed by atoms with E-state index in [0.717, 1.165) is 17.8 Å². The van der Waals surface area contributed by atoms with Crippen molar-refractivity contribution in [2.75, 3.05) is 0 Å². The number of pyridine rings is 4. The molecule has 0 aliphatic carbocycles. The molecule has 522 valence electrons. The van der Waals surface area contributed by atoms with Gasteiger partial charge < -0.3 is 0 Å². The Hall–Kier alpha value is -11.1. The Balaban J connectivity index is 0.000000130. The van der Waals surface area contributed by atoms with Crippen LogP contribution in [0.25, 0.3) is 111 Å². The summed E-state index contributed by atoms with van der Waals surface area (Å²) in [5.41, 5.74) is 34.1. The van der Waals surface area contributed by atoms with E-state index in [9.17, 15) is 0 Å². The molecule has 0 radical (unpaired) electrons. The van der Waals surface area contributed by atoms with Crippen molar-refractivity contribution in [3.63, 3.8) is 0 Å². The molecular formula is C98H105N6+5. The summed E-state index contributed by atoms with van der Waals surface area (Å²) < 4.78 is 11.1. The molecule has 104 heavy (non-hydrogen) atoms. The second kappa shape index (κ2) is 32.5. The fourth-order valence-corrected chi connectivity index (χ4v) is 14.7. The molecule has 0 N–H and O–H groups in total. The monoisotopic (exact) mass is 1370 g/mol. The molecule has 0 unspecified atom stereocenters. The Kier molecular flexibility index (Phi) is 23.2. The highest BCUT2D eigenvalue weighted by atomic mass is 15.0. The van der Waals surface area contributed by atoms with Crippen molar-refractivity contribution in [1.29, 1.82) is 0 Å². The third kappa shape index (κ3) is 16.7. The average Bonchev–Trinajstić information content (AvgIpc) is 0.784. The molecule has 0 aliphatic heterocycles. The van der Waals surface area contributed by atoms with Gasteiger partial charge in [0.1, 0.15) is 34.4 Å². The lowest BCUT2D eigenvalue weighted by Gasteiger charge is -2.12. The number of nitrogens with zero attached hydrogens (tertiary/aromatic N) is 6. The van der Waals surface area contributed by atoms with Crippen LogP contribution >= 0.6 is 0 Å². The van der Waals surface area contributed by atoms with Gasteiger partial charge >= 0.3 is 5.82 Å². The number of para-hydroxylation sites is 1. The van der Waals surface area contributed by atoms with Crippen LogP contribution in [0.2, 0.25) is 0 Å². The lowest BCUT2D eigenvalue weighted by molar-refractivity contribution is -0.662. The molecule has 0 atom stereocenters. The van der Waals surface area contributed by atoms with Gasteiger partial charge in [-0.25, -0.2) is 18.3 Å². The summed E-state index contributed by atoms with van der Waals surface area (Å²) in [4.78, 5) is 4.65. The zero-order valence-electron chi connectivity index (χ0n) is 65.2. The van der Waals surface area contributed by atoms with E-state index in [4.69, 9.17) is 0 Å². The number of fused-ring (bicyclic) bond motifs is 4. The van der Waals surface area contributed by atoms with Gasteiger partial charge in [0.15, 0.2) is 24.8 Å². The molecule has 0 fully saturated rings. The van der Waals surface area contributed by atoms with Gasteiger partial charge in [-0.05, 0) is 245 Å². The maximum Gasteiger partial charge on any atom is 0.330 e. The summed E-state index contributed by atoms with van der Waals surface area (Å²) in [7, 11) is 10.6. The molecule has 6 heteroatoms. The lowest BCUT2D eigenvalue weighted by atomic mass is 9.93. The van der Waals surface area contributed by atoms with Gasteiger partial charge in [-0.15, -0.1) is 0 Å². The maximum atomic E-state index is 4.65. The predicted octanol–water partition coefficient (Wildman–Crippen LogP) is 21.8. The van der Waals surface area contributed by atoms with Crippen LogP contribution in [0.5, 0.6) is 0 Å². The minimum absolute atomic E-state index is 0.684. The minimum atomic E-state index is 0.684. The fraction of sp³-hybridized carbons (Fsp3) is 0.224. The normalized spacial score (nSPS) is 11.0. The lowest BCUT2D eigenvalue weighted by Crippen LogP contribution is -2.32. The van der Waals surface area contributed by atoms with Crippen LogP contribution in [0.4, 0.5) is 0 Å². The predicted molar refractivity (Wildman–Crippen MR) is 439 cm³/mol. The third-order valence-electron chi connectivity index (χ3n) is 20.8. The van der Waals surface area contributed by atoms with Crippen molar-refractivity contribution in [1.82, 2.24) is 4.98 Å². The van der Waals surface area contributed by atoms with Crippen molar-refractivity contribution in [3.05, 3.63) is 333 Å². The molecule has 0 spiro atoms. The van der Waals surface area contributed by atoms with Crippen molar-refractivity contribution in [2.24, 2.45) is 41.2 Å². The summed E-state index contributed by atoms with van der Waals surface area (Å²) in [6.07, 6.45) is 11.8. The summed E-state index contributed by atoms with van der Waals surface area (Å²) in [6, 6.07) is 80.6. The third-order valence-corrected chi connectivity index (χ3v) is 20.8. The zero-order chi connectivity index (χ0) is 74.2. The SMILES string of the molecule is Cc1cc(C)c(C)c(-c2c3ccc(CC(C)C)cc3cc[n+]2C)c1.Cc1cc(C)c(C)c(-c2c3ccccc3cc[n+]2C)c1.Cc1cc(C)c(C)c(-c2cc3ccccc3c[n+]2C)c1.Cc1cc(C)c(C)c(-c2ccc3ccccc3[n+]2C)c1.Cc1ccccc1-c1ncc(-c2ccccc2)c[n+]1C. The van der Waals surface area contributed by atoms with Crippen LogP contribution in [0.1, 0.15) is 91.7 Å². The maximum absolute atomic E-state index is 4.65. The van der Waals surface area contributed by atoms with E-state index in [0.29, 0.717) is 5.92 Å². The quantitative estimate of drug-likeness (QED) is 0.140. The first-order valence-electron chi connectivity index (χ1n) is 36.7. The smallest absolute Gasteiger partial charge is 0.232 e.